The van der Waals surface area contributed by atoms with E-state index in [0.717, 1.165) is 10.6 Å². The average Bonchev–Trinajstić information content (AvgIpc) is 2.87. The van der Waals surface area contributed by atoms with Gasteiger partial charge in [-0.05, 0) is 31.6 Å². The number of halogens is 2. The third-order valence-electron chi connectivity index (χ3n) is 5.85. The Kier molecular flexibility index (Phi) is 6.69. The number of nitrogens with zero attached hydrogens (tertiary/aromatic N) is 3. The highest BCUT2D eigenvalue weighted by atomic mass is 32.1. The number of alkyl halides is 2. The summed E-state index contributed by atoms with van der Waals surface area (Å²) in [4.78, 5) is 34.6. The highest BCUT2D eigenvalue weighted by molar-refractivity contribution is 7.16. The molecule has 0 bridgehead atoms. The van der Waals surface area contributed by atoms with Crippen LogP contribution in [0.1, 0.15) is 63.4 Å². The maximum Gasteiger partial charge on any atom is 0.323 e. The van der Waals surface area contributed by atoms with Gasteiger partial charge in [0.05, 0.1) is 5.69 Å². The number of aryl methyl sites for hydroxylation is 1. The summed E-state index contributed by atoms with van der Waals surface area (Å²) < 4.78 is 26.8. The Labute approximate surface area is 181 Å². The molecular weight excluding hydrogens is 410 g/mol. The van der Waals surface area contributed by atoms with Gasteiger partial charge in [-0.3, -0.25) is 10.1 Å². The average molecular weight is 443 g/mol. The number of nitrogens with one attached hydrogen (secondary N) is 1. The molecule has 30 heavy (non-hydrogen) atoms. The van der Waals surface area contributed by atoms with Crippen LogP contribution in [0.2, 0.25) is 0 Å². The molecule has 1 aromatic heterocycles. The largest absolute Gasteiger partial charge is 0.341 e. The van der Waals surface area contributed by atoms with Gasteiger partial charge >= 0.3 is 6.03 Å². The van der Waals surface area contributed by atoms with E-state index in [1.165, 1.54) is 11.3 Å². The fraction of sp³-hybridized carbons (Fsp3) is 0.762. The number of thiazole rings is 1. The number of rotatable bonds is 2. The quantitative estimate of drug-likeness (QED) is 0.726. The predicted molar refractivity (Wildman–Crippen MR) is 114 cm³/mol. The van der Waals surface area contributed by atoms with Crippen molar-refractivity contribution in [3.8, 4) is 0 Å². The van der Waals surface area contributed by atoms with Crippen LogP contribution in [0.4, 0.5) is 18.7 Å². The predicted octanol–water partition coefficient (Wildman–Crippen LogP) is 4.64. The van der Waals surface area contributed by atoms with Crippen molar-refractivity contribution in [1.29, 1.82) is 0 Å². The zero-order valence-electron chi connectivity index (χ0n) is 18.3. The van der Waals surface area contributed by atoms with E-state index in [0.29, 0.717) is 37.7 Å². The minimum absolute atomic E-state index is 0.0305. The van der Waals surface area contributed by atoms with Crippen molar-refractivity contribution in [1.82, 2.24) is 14.8 Å². The molecule has 2 heterocycles. The number of carbonyl (C=O) groups excluding carboxylic acids is 2. The van der Waals surface area contributed by atoms with Gasteiger partial charge in [0.15, 0.2) is 5.13 Å². The Morgan fingerprint density at radius 1 is 1.10 bits per heavy atom. The Bertz CT molecular complexity index is 780. The van der Waals surface area contributed by atoms with Gasteiger partial charge < -0.3 is 9.80 Å². The van der Waals surface area contributed by atoms with Crippen LogP contribution in [0.25, 0.3) is 0 Å². The minimum Gasteiger partial charge on any atom is -0.341 e. The molecule has 1 aliphatic heterocycles. The summed E-state index contributed by atoms with van der Waals surface area (Å²) in [6, 6.07) is -0.212. The molecule has 3 rings (SSSR count). The van der Waals surface area contributed by atoms with Crippen molar-refractivity contribution in [2.24, 2.45) is 5.92 Å². The van der Waals surface area contributed by atoms with Gasteiger partial charge in [0.25, 0.3) is 0 Å². The number of hydrogen-bond donors (Lipinski definition) is 1. The molecule has 1 aliphatic carbocycles. The molecule has 0 radical (unpaired) electrons. The first kappa shape index (κ1) is 22.9. The van der Waals surface area contributed by atoms with Crippen molar-refractivity contribution in [3.63, 3.8) is 0 Å². The number of anilines is 1. The van der Waals surface area contributed by atoms with Crippen molar-refractivity contribution in [3.05, 3.63) is 10.6 Å². The fourth-order valence-electron chi connectivity index (χ4n) is 4.20. The first-order valence-corrected chi connectivity index (χ1v) is 11.5. The van der Waals surface area contributed by atoms with Crippen LogP contribution in [0.15, 0.2) is 0 Å². The molecular formula is C21H32F2N4O2S. The van der Waals surface area contributed by atoms with E-state index >= 15 is 0 Å². The molecule has 2 aliphatic rings. The molecule has 0 unspecified atom stereocenters. The topological polar surface area (TPSA) is 65.5 Å². The normalized spacial score (nSPS) is 20.7. The smallest absolute Gasteiger partial charge is 0.323 e. The van der Waals surface area contributed by atoms with Crippen LogP contribution < -0.4 is 5.32 Å². The number of carbonyl (C=O) groups is 2. The van der Waals surface area contributed by atoms with E-state index in [4.69, 9.17) is 0 Å². The molecule has 3 amide bonds. The van der Waals surface area contributed by atoms with Crippen LogP contribution >= 0.6 is 11.3 Å². The fourth-order valence-corrected chi connectivity index (χ4v) is 5.22. The first-order valence-electron chi connectivity index (χ1n) is 10.7. The second-order valence-corrected chi connectivity index (χ2v) is 10.4. The molecule has 9 heteroatoms. The molecule has 6 nitrogen and oxygen atoms in total. The molecule has 1 N–H and O–H groups in total. The molecule has 1 saturated heterocycles. The zero-order valence-corrected chi connectivity index (χ0v) is 19.1. The van der Waals surface area contributed by atoms with Gasteiger partial charge in [-0.15, -0.1) is 11.3 Å². The number of hydrogen-bond acceptors (Lipinski definition) is 4. The Balaban J connectivity index is 1.55. The highest BCUT2D eigenvalue weighted by Crippen LogP contribution is 2.37. The van der Waals surface area contributed by atoms with E-state index in [2.05, 4.69) is 31.1 Å². The highest BCUT2D eigenvalue weighted by Gasteiger charge is 2.39. The van der Waals surface area contributed by atoms with Crippen LogP contribution in [0.5, 0.6) is 0 Å². The van der Waals surface area contributed by atoms with Gasteiger partial charge in [0, 0.05) is 49.8 Å². The lowest BCUT2D eigenvalue weighted by Gasteiger charge is -2.31. The molecule has 1 aromatic rings. The van der Waals surface area contributed by atoms with Gasteiger partial charge in [-0.2, -0.15) is 0 Å². The summed E-state index contributed by atoms with van der Waals surface area (Å²) in [5.74, 6) is -3.00. The third kappa shape index (κ3) is 5.47. The van der Waals surface area contributed by atoms with Gasteiger partial charge in [-0.25, -0.2) is 18.6 Å². The van der Waals surface area contributed by atoms with Crippen molar-refractivity contribution < 1.29 is 18.4 Å². The molecule has 0 aromatic carbocycles. The summed E-state index contributed by atoms with van der Waals surface area (Å²) in [6.45, 7) is 10.3. The summed E-state index contributed by atoms with van der Waals surface area (Å²) in [5, 5.41) is 3.48. The summed E-state index contributed by atoms with van der Waals surface area (Å²) in [5.41, 5.74) is 0.894. The monoisotopic (exact) mass is 442 g/mol. The number of aromatic nitrogens is 1. The summed E-state index contributed by atoms with van der Waals surface area (Å²) in [7, 11) is 0. The van der Waals surface area contributed by atoms with E-state index in [-0.39, 0.29) is 49.0 Å². The Morgan fingerprint density at radius 3 is 2.30 bits per heavy atom. The molecule has 1 saturated carbocycles. The minimum atomic E-state index is -2.63. The van der Waals surface area contributed by atoms with Crippen molar-refractivity contribution >= 4 is 28.4 Å². The van der Waals surface area contributed by atoms with E-state index in [9.17, 15) is 18.4 Å². The lowest BCUT2D eigenvalue weighted by atomic mass is 9.86. The van der Waals surface area contributed by atoms with Gasteiger partial charge in [0.1, 0.15) is 0 Å². The summed E-state index contributed by atoms with van der Waals surface area (Å²) in [6.07, 6.45) is 0.732. The Hall–Kier alpha value is -1.77. The molecule has 2 fully saturated rings. The maximum atomic E-state index is 13.4. The number of urea groups is 1. The van der Waals surface area contributed by atoms with Crippen LogP contribution in [0.3, 0.4) is 0 Å². The second kappa shape index (κ2) is 8.77. The van der Waals surface area contributed by atoms with Crippen LogP contribution in [-0.2, 0) is 10.2 Å². The van der Waals surface area contributed by atoms with E-state index in [1.54, 1.807) is 9.80 Å². The zero-order chi connectivity index (χ0) is 22.1. The lowest BCUT2D eigenvalue weighted by Crippen LogP contribution is -2.42. The van der Waals surface area contributed by atoms with E-state index < -0.39 is 5.92 Å². The molecule has 0 spiro atoms. The SMILES string of the molecule is Cc1nc(NC(=O)N2CCCN(C(=O)C3CCC(F)(F)CC3)CC2)sc1C(C)(C)C. The Morgan fingerprint density at radius 2 is 1.70 bits per heavy atom. The number of amides is 3. The molecule has 168 valence electrons. The lowest BCUT2D eigenvalue weighted by molar-refractivity contribution is -0.139. The first-order chi connectivity index (χ1) is 14.0. The van der Waals surface area contributed by atoms with E-state index in [1.807, 2.05) is 6.92 Å². The van der Waals surface area contributed by atoms with Crippen LogP contribution in [-0.4, -0.2) is 58.8 Å². The maximum absolute atomic E-state index is 13.4. The summed E-state index contributed by atoms with van der Waals surface area (Å²) >= 11 is 1.49. The standard InChI is InChI=1S/C21H32F2N4O2S/c1-14-16(20(2,3)4)30-18(24-14)25-19(29)27-11-5-10-26(12-13-27)17(28)15-6-8-21(22,23)9-7-15/h15H,5-13H2,1-4H3,(H,24,25,29). The van der Waals surface area contributed by atoms with Crippen molar-refractivity contribution in [2.45, 2.75) is 71.1 Å². The van der Waals surface area contributed by atoms with Crippen molar-refractivity contribution in [2.75, 3.05) is 31.5 Å². The molecule has 0 atom stereocenters. The van der Waals surface area contributed by atoms with Crippen LogP contribution in [0, 0.1) is 12.8 Å². The second-order valence-electron chi connectivity index (χ2n) is 9.41. The third-order valence-corrected chi connectivity index (χ3v) is 7.35. The van der Waals surface area contributed by atoms with Gasteiger partial charge in [0.2, 0.25) is 11.8 Å². The van der Waals surface area contributed by atoms with Gasteiger partial charge in [-0.1, -0.05) is 20.8 Å².